The van der Waals surface area contributed by atoms with Gasteiger partial charge < -0.3 is 5.11 Å². The molecule has 5 nitrogen and oxygen atoms in total. The lowest BCUT2D eigenvalue weighted by Gasteiger charge is -2.14. The van der Waals surface area contributed by atoms with Crippen LogP contribution in [0.1, 0.15) is 28.8 Å². The molecule has 0 unspecified atom stereocenters. The maximum atomic E-state index is 13.7. The van der Waals surface area contributed by atoms with Crippen LogP contribution in [0.5, 0.6) is 0 Å². The van der Waals surface area contributed by atoms with E-state index in [1.165, 1.54) is 24.3 Å². The molecule has 2 aromatic carbocycles. The van der Waals surface area contributed by atoms with E-state index in [2.05, 4.69) is 16.3 Å². The van der Waals surface area contributed by atoms with Gasteiger partial charge in [0, 0.05) is 18.7 Å². The number of hydrogen-bond donors (Lipinski definition) is 1. The van der Waals surface area contributed by atoms with E-state index in [0.717, 1.165) is 25.9 Å². The van der Waals surface area contributed by atoms with Gasteiger partial charge in [-0.2, -0.15) is 0 Å². The molecular formula is C19H15ClFN3O2. The molecule has 0 atom stereocenters. The van der Waals surface area contributed by atoms with Gasteiger partial charge in [-0.3, -0.25) is 5.01 Å². The minimum absolute atomic E-state index is 0.0837. The Balaban J connectivity index is 2.27. The van der Waals surface area contributed by atoms with Gasteiger partial charge in [-0.05, 0) is 36.6 Å². The quantitative estimate of drug-likeness (QED) is 0.612. The predicted molar refractivity (Wildman–Crippen MR) is 97.1 cm³/mol. The summed E-state index contributed by atoms with van der Waals surface area (Å²) in [4.78, 5) is 11.8. The van der Waals surface area contributed by atoms with Crippen LogP contribution in [-0.4, -0.2) is 29.2 Å². The monoisotopic (exact) mass is 371 g/mol. The van der Waals surface area contributed by atoms with Gasteiger partial charge in [-0.15, -0.1) is 11.5 Å². The van der Waals surface area contributed by atoms with E-state index in [-0.39, 0.29) is 27.4 Å². The molecule has 3 rings (SSSR count). The predicted octanol–water partition coefficient (Wildman–Crippen LogP) is 4.92. The molecule has 0 amide bonds. The lowest BCUT2D eigenvalue weighted by atomic mass is 9.94. The molecule has 1 N–H and O–H groups in total. The van der Waals surface area contributed by atoms with Crippen molar-refractivity contribution >= 4 is 23.3 Å². The normalized spacial score (nSPS) is 14.0. The molecule has 0 aromatic heterocycles. The molecule has 0 aliphatic carbocycles. The first kappa shape index (κ1) is 17.9. The lowest BCUT2D eigenvalue weighted by molar-refractivity contribution is 0.0697. The molecule has 1 heterocycles. The van der Waals surface area contributed by atoms with Crippen molar-refractivity contribution in [2.75, 3.05) is 13.1 Å². The van der Waals surface area contributed by atoms with Crippen LogP contribution in [-0.2, 0) is 0 Å². The van der Waals surface area contributed by atoms with Crippen molar-refractivity contribution < 1.29 is 14.3 Å². The van der Waals surface area contributed by atoms with E-state index < -0.39 is 11.8 Å². The summed E-state index contributed by atoms with van der Waals surface area (Å²) in [6.45, 7) is 1.52. The SMILES string of the molecule is C#Cc1c(Cl)cc(C(=O)O)c(-c2cccc(F)c2)c1N=NN1CCCC1. The van der Waals surface area contributed by atoms with Gasteiger partial charge in [0.25, 0.3) is 0 Å². The zero-order valence-corrected chi connectivity index (χ0v) is 14.5. The van der Waals surface area contributed by atoms with Crippen molar-refractivity contribution in [3.8, 4) is 23.5 Å². The maximum Gasteiger partial charge on any atom is 0.336 e. The van der Waals surface area contributed by atoms with Crippen molar-refractivity contribution in [1.82, 2.24) is 5.01 Å². The van der Waals surface area contributed by atoms with Crippen molar-refractivity contribution in [1.29, 1.82) is 0 Å². The molecule has 0 radical (unpaired) electrons. The lowest BCUT2D eigenvalue weighted by Crippen LogP contribution is -2.10. The van der Waals surface area contributed by atoms with E-state index >= 15 is 0 Å². The van der Waals surface area contributed by atoms with Gasteiger partial charge in [0.15, 0.2) is 0 Å². The van der Waals surface area contributed by atoms with Crippen LogP contribution in [0, 0.1) is 18.2 Å². The van der Waals surface area contributed by atoms with Crippen LogP contribution < -0.4 is 0 Å². The molecule has 26 heavy (non-hydrogen) atoms. The molecule has 1 aliphatic rings. The second-order valence-corrected chi connectivity index (χ2v) is 6.22. The summed E-state index contributed by atoms with van der Waals surface area (Å²) in [7, 11) is 0. The Kier molecular flexibility index (Phi) is 5.19. The first-order valence-electron chi connectivity index (χ1n) is 8.00. The summed E-state index contributed by atoms with van der Waals surface area (Å²) in [5, 5.41) is 19.8. The first-order chi connectivity index (χ1) is 12.5. The second kappa shape index (κ2) is 7.54. The minimum Gasteiger partial charge on any atom is -0.478 e. The average Bonchev–Trinajstić information content (AvgIpc) is 3.12. The summed E-state index contributed by atoms with van der Waals surface area (Å²) in [5.41, 5.74) is 0.784. The Labute approximate surface area is 155 Å². The van der Waals surface area contributed by atoms with Gasteiger partial charge in [-0.25, -0.2) is 9.18 Å². The van der Waals surface area contributed by atoms with Crippen LogP contribution in [0.2, 0.25) is 5.02 Å². The molecule has 1 aliphatic heterocycles. The number of rotatable bonds is 4. The van der Waals surface area contributed by atoms with Crippen molar-refractivity contribution in [3.05, 3.63) is 52.3 Å². The molecule has 0 bridgehead atoms. The largest absolute Gasteiger partial charge is 0.478 e. The highest BCUT2D eigenvalue weighted by Gasteiger charge is 2.22. The maximum absolute atomic E-state index is 13.7. The zero-order chi connectivity index (χ0) is 18.7. The van der Waals surface area contributed by atoms with Crippen LogP contribution in [0.3, 0.4) is 0 Å². The third-order valence-corrected chi connectivity index (χ3v) is 4.39. The van der Waals surface area contributed by atoms with Gasteiger partial charge in [-0.1, -0.05) is 34.9 Å². The number of terminal acetylenes is 1. The number of carboxylic acid groups (broad SMARTS) is 1. The van der Waals surface area contributed by atoms with Crippen molar-refractivity contribution in [2.24, 2.45) is 10.3 Å². The topological polar surface area (TPSA) is 65.3 Å². The zero-order valence-electron chi connectivity index (χ0n) is 13.7. The Morgan fingerprint density at radius 1 is 1.31 bits per heavy atom. The molecule has 7 heteroatoms. The number of carboxylic acids is 1. The Morgan fingerprint density at radius 2 is 2.04 bits per heavy atom. The van der Waals surface area contributed by atoms with Crippen LogP contribution >= 0.6 is 11.6 Å². The number of nitrogens with zero attached hydrogens (tertiary/aromatic N) is 3. The standard InChI is InChI=1S/C19H15ClFN3O2/c1-2-14-16(20)11-15(19(25)26)17(12-6-5-7-13(21)10-12)18(14)22-23-24-8-3-4-9-24/h1,5-7,10-11H,3-4,8-9H2,(H,25,26). The number of aromatic carboxylic acids is 1. The number of benzene rings is 2. The van der Waals surface area contributed by atoms with E-state index in [4.69, 9.17) is 18.0 Å². The molecule has 1 saturated heterocycles. The smallest absolute Gasteiger partial charge is 0.336 e. The Bertz CT molecular complexity index is 931. The van der Waals surface area contributed by atoms with Gasteiger partial charge in [0.05, 0.1) is 16.1 Å². The summed E-state index contributed by atoms with van der Waals surface area (Å²) in [6.07, 6.45) is 7.58. The summed E-state index contributed by atoms with van der Waals surface area (Å²) in [5.74, 6) is 0.722. The Morgan fingerprint density at radius 3 is 2.65 bits per heavy atom. The molecule has 0 saturated carbocycles. The third-order valence-electron chi connectivity index (χ3n) is 4.09. The highest BCUT2D eigenvalue weighted by atomic mass is 35.5. The summed E-state index contributed by atoms with van der Waals surface area (Å²) in [6, 6.07) is 6.84. The number of halogens is 2. The fourth-order valence-corrected chi connectivity index (χ4v) is 3.13. The Hall–Kier alpha value is -2.91. The number of hydrogen-bond acceptors (Lipinski definition) is 3. The average molecular weight is 372 g/mol. The highest BCUT2D eigenvalue weighted by Crippen LogP contribution is 2.40. The first-order valence-corrected chi connectivity index (χ1v) is 8.38. The van der Waals surface area contributed by atoms with Crippen LogP contribution in [0.25, 0.3) is 11.1 Å². The van der Waals surface area contributed by atoms with Gasteiger partial charge in [0.1, 0.15) is 11.5 Å². The van der Waals surface area contributed by atoms with E-state index in [1.54, 1.807) is 11.1 Å². The fraction of sp³-hybridized carbons (Fsp3) is 0.211. The summed E-state index contributed by atoms with van der Waals surface area (Å²) < 4.78 is 13.7. The van der Waals surface area contributed by atoms with Crippen molar-refractivity contribution in [3.63, 3.8) is 0 Å². The molecule has 1 fully saturated rings. The molecule has 132 valence electrons. The van der Waals surface area contributed by atoms with Gasteiger partial charge in [0.2, 0.25) is 0 Å². The second-order valence-electron chi connectivity index (χ2n) is 5.81. The van der Waals surface area contributed by atoms with Crippen LogP contribution in [0.15, 0.2) is 40.7 Å². The minimum atomic E-state index is -1.22. The van der Waals surface area contributed by atoms with Crippen LogP contribution in [0.4, 0.5) is 10.1 Å². The molecule has 0 spiro atoms. The molecular weight excluding hydrogens is 357 g/mol. The third kappa shape index (κ3) is 3.53. The molecule has 2 aromatic rings. The summed E-state index contributed by atoms with van der Waals surface area (Å²) >= 11 is 6.17. The van der Waals surface area contributed by atoms with E-state index in [9.17, 15) is 14.3 Å². The highest BCUT2D eigenvalue weighted by molar-refractivity contribution is 6.33. The van der Waals surface area contributed by atoms with Gasteiger partial charge >= 0.3 is 5.97 Å². The number of carbonyl (C=O) groups is 1. The van der Waals surface area contributed by atoms with E-state index in [0.29, 0.717) is 5.56 Å². The van der Waals surface area contributed by atoms with Crippen molar-refractivity contribution in [2.45, 2.75) is 12.8 Å². The van der Waals surface area contributed by atoms with E-state index in [1.807, 2.05) is 0 Å². The fourth-order valence-electron chi connectivity index (χ4n) is 2.88.